The van der Waals surface area contributed by atoms with Gasteiger partial charge in [0.2, 0.25) is 0 Å². The number of rotatable bonds is 6. The Hall–Kier alpha value is -2.72. The molecule has 0 unspecified atom stereocenters. The van der Waals surface area contributed by atoms with Gasteiger partial charge in [-0.05, 0) is 38.0 Å². The maximum Gasteiger partial charge on any atom is 0.119 e. The lowest BCUT2D eigenvalue weighted by atomic mass is 9.81. The van der Waals surface area contributed by atoms with Gasteiger partial charge in [-0.2, -0.15) is 10.5 Å². The van der Waals surface area contributed by atoms with Crippen LogP contribution in [0.1, 0.15) is 51.5 Å². The van der Waals surface area contributed by atoms with Crippen molar-refractivity contribution in [1.29, 1.82) is 10.5 Å². The number of nitrogens with one attached hydrogen (secondary N) is 1. The van der Waals surface area contributed by atoms with Crippen LogP contribution < -0.4 is 10.1 Å². The predicted octanol–water partition coefficient (Wildman–Crippen LogP) is 4.54. The summed E-state index contributed by atoms with van der Waals surface area (Å²) in [5, 5.41) is 22.1. The minimum atomic E-state index is -0.310. The zero-order valence-electron chi connectivity index (χ0n) is 14.5. The number of ether oxygens (including phenoxy) is 1. The molecule has 0 saturated carbocycles. The standard InChI is InChI=1S/C20H23N3O/c1-4-5-6-11-24-17-9-7-16(8-10-17)20-18(12-21)14(2)23-15(3)19(20)13-22/h7-10,20,23H,4-6,11H2,1-3H3. The fourth-order valence-corrected chi connectivity index (χ4v) is 2.92. The summed E-state index contributed by atoms with van der Waals surface area (Å²) in [5.41, 5.74) is 3.73. The van der Waals surface area contributed by atoms with Gasteiger partial charge in [0.15, 0.2) is 0 Å². The molecule has 0 aliphatic carbocycles. The molecule has 24 heavy (non-hydrogen) atoms. The molecule has 124 valence electrons. The molecule has 4 heteroatoms. The molecule has 1 N–H and O–H groups in total. The first-order valence-electron chi connectivity index (χ1n) is 8.33. The van der Waals surface area contributed by atoms with Crippen molar-refractivity contribution in [3.63, 3.8) is 0 Å². The summed E-state index contributed by atoms with van der Waals surface area (Å²) in [6.45, 7) is 6.62. The summed E-state index contributed by atoms with van der Waals surface area (Å²) >= 11 is 0. The van der Waals surface area contributed by atoms with E-state index in [0.717, 1.165) is 29.1 Å². The summed E-state index contributed by atoms with van der Waals surface area (Å²) in [7, 11) is 0. The smallest absolute Gasteiger partial charge is 0.119 e. The third-order valence-electron chi connectivity index (χ3n) is 4.23. The van der Waals surface area contributed by atoms with Crippen LogP contribution in [0, 0.1) is 22.7 Å². The van der Waals surface area contributed by atoms with E-state index in [4.69, 9.17) is 4.74 Å². The van der Waals surface area contributed by atoms with Crippen molar-refractivity contribution >= 4 is 0 Å². The first-order chi connectivity index (χ1) is 11.6. The van der Waals surface area contributed by atoms with E-state index in [0.29, 0.717) is 17.8 Å². The predicted molar refractivity (Wildman–Crippen MR) is 94.0 cm³/mol. The molecule has 0 atom stereocenters. The Bertz CT molecular complexity index is 694. The number of nitriles is 2. The van der Waals surface area contributed by atoms with Crippen molar-refractivity contribution < 1.29 is 4.74 Å². The molecule has 0 fully saturated rings. The van der Waals surface area contributed by atoms with E-state index < -0.39 is 0 Å². The van der Waals surface area contributed by atoms with Crippen LogP contribution >= 0.6 is 0 Å². The second-order valence-corrected chi connectivity index (χ2v) is 5.98. The highest BCUT2D eigenvalue weighted by molar-refractivity contribution is 5.55. The first-order valence-corrected chi connectivity index (χ1v) is 8.33. The molecule has 1 aliphatic heterocycles. The fourth-order valence-electron chi connectivity index (χ4n) is 2.92. The van der Waals surface area contributed by atoms with Gasteiger partial charge in [-0.3, -0.25) is 0 Å². The molecule has 1 aliphatic rings. The van der Waals surface area contributed by atoms with Gasteiger partial charge in [0.1, 0.15) is 5.75 Å². The van der Waals surface area contributed by atoms with Crippen LogP contribution in [-0.2, 0) is 0 Å². The van der Waals surface area contributed by atoms with Gasteiger partial charge < -0.3 is 10.1 Å². The largest absolute Gasteiger partial charge is 0.494 e. The van der Waals surface area contributed by atoms with Gasteiger partial charge in [-0.15, -0.1) is 0 Å². The number of nitrogens with zero attached hydrogens (tertiary/aromatic N) is 2. The molecule has 0 aromatic heterocycles. The number of hydrogen-bond donors (Lipinski definition) is 1. The van der Waals surface area contributed by atoms with Gasteiger partial charge in [0, 0.05) is 11.4 Å². The van der Waals surface area contributed by atoms with E-state index >= 15 is 0 Å². The molecule has 0 amide bonds. The van der Waals surface area contributed by atoms with Crippen LogP contribution in [0.25, 0.3) is 0 Å². The molecule has 0 saturated heterocycles. The molecular weight excluding hydrogens is 298 g/mol. The molecule has 1 heterocycles. The first kappa shape index (κ1) is 17.6. The summed E-state index contributed by atoms with van der Waals surface area (Å²) in [6.07, 6.45) is 3.38. The summed E-state index contributed by atoms with van der Waals surface area (Å²) < 4.78 is 5.73. The highest BCUT2D eigenvalue weighted by Gasteiger charge is 2.29. The summed E-state index contributed by atoms with van der Waals surface area (Å²) in [4.78, 5) is 0. The lowest BCUT2D eigenvalue weighted by molar-refractivity contribution is 0.306. The van der Waals surface area contributed by atoms with Crippen molar-refractivity contribution in [3.8, 4) is 17.9 Å². The number of allylic oxidation sites excluding steroid dienone is 4. The Morgan fingerprint density at radius 3 is 2.08 bits per heavy atom. The van der Waals surface area contributed by atoms with Crippen LogP contribution in [0.15, 0.2) is 46.8 Å². The van der Waals surface area contributed by atoms with Crippen molar-refractivity contribution in [2.75, 3.05) is 6.61 Å². The van der Waals surface area contributed by atoms with Crippen LogP contribution in [0.3, 0.4) is 0 Å². The van der Waals surface area contributed by atoms with E-state index in [-0.39, 0.29) is 5.92 Å². The second-order valence-electron chi connectivity index (χ2n) is 5.98. The average Bonchev–Trinajstić information content (AvgIpc) is 2.59. The summed E-state index contributed by atoms with van der Waals surface area (Å²) in [6, 6.07) is 12.2. The summed E-state index contributed by atoms with van der Waals surface area (Å²) in [5.74, 6) is 0.512. The Balaban J connectivity index is 2.24. The molecule has 0 spiro atoms. The lowest BCUT2D eigenvalue weighted by Gasteiger charge is -2.26. The third kappa shape index (κ3) is 3.78. The Morgan fingerprint density at radius 2 is 1.58 bits per heavy atom. The molecule has 0 bridgehead atoms. The van der Waals surface area contributed by atoms with E-state index in [9.17, 15) is 10.5 Å². The van der Waals surface area contributed by atoms with E-state index in [1.807, 2.05) is 38.1 Å². The highest BCUT2D eigenvalue weighted by Crippen LogP contribution is 2.37. The SMILES string of the molecule is CCCCCOc1ccc(C2C(C#N)=C(C)NC(C)=C2C#N)cc1. The van der Waals surface area contributed by atoms with Crippen molar-refractivity contribution in [2.24, 2.45) is 0 Å². The van der Waals surface area contributed by atoms with Crippen molar-refractivity contribution in [2.45, 2.75) is 46.0 Å². The van der Waals surface area contributed by atoms with Crippen LogP contribution in [0.5, 0.6) is 5.75 Å². The van der Waals surface area contributed by atoms with E-state index in [1.165, 1.54) is 12.8 Å². The second kappa shape index (κ2) is 8.22. The van der Waals surface area contributed by atoms with Gasteiger partial charge in [0.25, 0.3) is 0 Å². The van der Waals surface area contributed by atoms with Crippen LogP contribution in [0.2, 0.25) is 0 Å². The van der Waals surface area contributed by atoms with Crippen LogP contribution in [0.4, 0.5) is 0 Å². The maximum atomic E-state index is 9.51. The van der Waals surface area contributed by atoms with Crippen molar-refractivity contribution in [3.05, 3.63) is 52.4 Å². The minimum absolute atomic E-state index is 0.310. The highest BCUT2D eigenvalue weighted by atomic mass is 16.5. The number of hydrogen-bond acceptors (Lipinski definition) is 4. The number of unbranched alkanes of at least 4 members (excludes halogenated alkanes) is 2. The normalized spacial score (nSPS) is 14.9. The lowest BCUT2D eigenvalue weighted by Crippen LogP contribution is -2.23. The Morgan fingerprint density at radius 1 is 1.00 bits per heavy atom. The third-order valence-corrected chi connectivity index (χ3v) is 4.23. The van der Waals surface area contributed by atoms with Crippen LogP contribution in [-0.4, -0.2) is 6.61 Å². The minimum Gasteiger partial charge on any atom is -0.494 e. The van der Waals surface area contributed by atoms with Crippen molar-refractivity contribution in [1.82, 2.24) is 5.32 Å². The topological polar surface area (TPSA) is 68.8 Å². The maximum absolute atomic E-state index is 9.51. The van der Waals surface area contributed by atoms with Gasteiger partial charge in [-0.25, -0.2) is 0 Å². The Labute approximate surface area is 144 Å². The molecule has 0 radical (unpaired) electrons. The quantitative estimate of drug-likeness (QED) is 0.781. The molecule has 4 nitrogen and oxygen atoms in total. The van der Waals surface area contributed by atoms with Gasteiger partial charge in [-0.1, -0.05) is 31.9 Å². The van der Waals surface area contributed by atoms with Gasteiger partial charge in [0.05, 0.1) is 35.8 Å². The molecular formula is C20H23N3O. The van der Waals surface area contributed by atoms with Gasteiger partial charge >= 0.3 is 0 Å². The zero-order valence-corrected chi connectivity index (χ0v) is 14.5. The number of benzene rings is 1. The van der Waals surface area contributed by atoms with E-state index in [1.54, 1.807) is 0 Å². The monoisotopic (exact) mass is 321 g/mol. The van der Waals surface area contributed by atoms with E-state index in [2.05, 4.69) is 24.4 Å². The molecule has 1 aromatic carbocycles. The zero-order chi connectivity index (χ0) is 17.5. The molecule has 1 aromatic rings. The fraction of sp³-hybridized carbons (Fsp3) is 0.400. The average molecular weight is 321 g/mol. The molecule has 2 rings (SSSR count). The Kier molecular flexibility index (Phi) is 6.04. The number of dihydropyridines is 1.